The summed E-state index contributed by atoms with van der Waals surface area (Å²) < 4.78 is 0. The van der Waals surface area contributed by atoms with Crippen LogP contribution in [0.4, 0.5) is 0 Å². The number of hydrogen-bond acceptors (Lipinski definition) is 1. The van der Waals surface area contributed by atoms with Gasteiger partial charge in [-0.05, 0) is 68.0 Å². The molecule has 1 aromatic heterocycles. The van der Waals surface area contributed by atoms with Crippen molar-refractivity contribution in [3.63, 3.8) is 0 Å². The maximum Gasteiger partial charge on any atom is 0.0789 e. The molecule has 0 fully saturated rings. The Bertz CT molecular complexity index is 1590. The second-order valence-electron chi connectivity index (χ2n) is 11.2. The molecule has 0 spiro atoms. The highest BCUT2D eigenvalue weighted by molar-refractivity contribution is 6.20. The molecule has 1 heteroatoms. The summed E-state index contributed by atoms with van der Waals surface area (Å²) in [6.07, 6.45) is 6.74. The van der Waals surface area contributed by atoms with E-state index in [1.165, 1.54) is 60.7 Å². The summed E-state index contributed by atoms with van der Waals surface area (Å²) in [5, 5.41) is 3.80. The van der Waals surface area contributed by atoms with Gasteiger partial charge in [-0.25, -0.2) is 0 Å². The van der Waals surface area contributed by atoms with Gasteiger partial charge in [-0.3, -0.25) is 4.98 Å². The van der Waals surface area contributed by atoms with E-state index in [2.05, 4.69) is 125 Å². The molecule has 1 nitrogen and oxygen atoms in total. The summed E-state index contributed by atoms with van der Waals surface area (Å²) in [7, 11) is 0. The Morgan fingerprint density at radius 2 is 0.972 bits per heavy atom. The van der Waals surface area contributed by atoms with Gasteiger partial charge < -0.3 is 0 Å². The molecule has 7 rings (SSSR count). The van der Waals surface area contributed by atoms with Crippen molar-refractivity contribution in [1.82, 2.24) is 4.98 Å². The van der Waals surface area contributed by atoms with E-state index in [0.29, 0.717) is 0 Å². The van der Waals surface area contributed by atoms with Gasteiger partial charge >= 0.3 is 0 Å². The van der Waals surface area contributed by atoms with Crippen LogP contribution in [0.2, 0.25) is 0 Å². The molecule has 0 saturated carbocycles. The molecule has 1 heterocycles. The summed E-state index contributed by atoms with van der Waals surface area (Å²) in [6, 6.07) is 30.9. The molecule has 0 atom stereocenters. The lowest BCUT2D eigenvalue weighted by Gasteiger charge is -2.30. The molecule has 0 N–H and O–H groups in total. The van der Waals surface area contributed by atoms with Crippen molar-refractivity contribution in [3.8, 4) is 0 Å². The second kappa shape index (κ2) is 7.27. The fraction of sp³-hybridized carbons (Fsp3) is 0.171. The fourth-order valence-corrected chi connectivity index (χ4v) is 6.68. The van der Waals surface area contributed by atoms with Crippen molar-refractivity contribution < 1.29 is 0 Å². The molecule has 0 amide bonds. The molecule has 0 bridgehead atoms. The third-order valence-corrected chi connectivity index (χ3v) is 8.53. The van der Waals surface area contributed by atoms with Crippen LogP contribution in [0.15, 0.2) is 91.1 Å². The van der Waals surface area contributed by atoms with Crippen molar-refractivity contribution in [2.24, 2.45) is 0 Å². The normalized spacial score (nSPS) is 17.1. The van der Waals surface area contributed by atoms with E-state index >= 15 is 0 Å². The zero-order valence-corrected chi connectivity index (χ0v) is 21.3. The van der Waals surface area contributed by atoms with Crippen molar-refractivity contribution in [2.45, 2.75) is 38.5 Å². The van der Waals surface area contributed by atoms with Crippen molar-refractivity contribution in [1.29, 1.82) is 0 Å². The lowest BCUT2D eigenvalue weighted by molar-refractivity contribution is 0.704. The first kappa shape index (κ1) is 21.3. The van der Waals surface area contributed by atoms with Crippen LogP contribution < -0.4 is 0 Å². The van der Waals surface area contributed by atoms with Gasteiger partial charge in [-0.1, -0.05) is 107 Å². The number of hydrogen-bond donors (Lipinski definition) is 0. The second-order valence-corrected chi connectivity index (χ2v) is 11.2. The smallest absolute Gasteiger partial charge is 0.0789 e. The number of nitrogens with zero attached hydrogens (tertiary/aromatic N) is 1. The zero-order chi connectivity index (χ0) is 24.7. The maximum absolute atomic E-state index is 5.07. The van der Waals surface area contributed by atoms with Crippen LogP contribution in [0.5, 0.6) is 0 Å². The van der Waals surface area contributed by atoms with E-state index in [4.69, 9.17) is 4.98 Å². The number of fused-ring (bicyclic) bond motifs is 4. The third kappa shape index (κ3) is 2.74. The maximum atomic E-state index is 5.07. The molecule has 174 valence electrons. The number of benzene rings is 4. The van der Waals surface area contributed by atoms with Gasteiger partial charge in [0.1, 0.15) is 0 Å². The molecule has 2 aliphatic carbocycles. The first-order chi connectivity index (χ1) is 17.4. The Morgan fingerprint density at radius 3 is 1.56 bits per heavy atom. The predicted molar refractivity (Wildman–Crippen MR) is 154 cm³/mol. The highest BCUT2D eigenvalue weighted by Gasteiger charge is 2.38. The highest BCUT2D eigenvalue weighted by Crippen LogP contribution is 2.53. The minimum atomic E-state index is -0.104. The van der Waals surface area contributed by atoms with Crippen LogP contribution in [0.3, 0.4) is 0 Å². The van der Waals surface area contributed by atoms with Crippen LogP contribution >= 0.6 is 0 Å². The van der Waals surface area contributed by atoms with Gasteiger partial charge in [0.25, 0.3) is 0 Å². The van der Waals surface area contributed by atoms with Crippen molar-refractivity contribution in [2.75, 3.05) is 0 Å². The van der Waals surface area contributed by atoms with Crippen LogP contribution in [0.25, 0.3) is 45.0 Å². The molecule has 36 heavy (non-hydrogen) atoms. The van der Waals surface area contributed by atoms with Crippen LogP contribution in [-0.4, -0.2) is 4.98 Å². The highest BCUT2D eigenvalue weighted by atomic mass is 14.7. The first-order valence-electron chi connectivity index (χ1n) is 12.8. The lowest BCUT2D eigenvalue weighted by Crippen LogP contribution is -2.18. The van der Waals surface area contributed by atoms with E-state index in [1.54, 1.807) is 0 Å². The summed E-state index contributed by atoms with van der Waals surface area (Å²) in [5.74, 6) is 0. The standard InChI is InChI=1S/C35H29N/c1-34(2)27-17-9-5-12-22(27)20-29(34)31-24-14-7-8-15-25(24)32(33-26(31)16-11-19-36-33)30-21-23-13-6-10-18-28(23)35(30,3)4/h5-21H,1-4H3. The molecule has 0 unspecified atom stereocenters. The molecular weight excluding hydrogens is 434 g/mol. The number of rotatable bonds is 2. The van der Waals surface area contributed by atoms with E-state index in [-0.39, 0.29) is 10.8 Å². The molecular formula is C35H29N. The Hall–Kier alpha value is -3.97. The minimum absolute atomic E-state index is 0.0915. The van der Waals surface area contributed by atoms with E-state index in [1.807, 2.05) is 6.20 Å². The van der Waals surface area contributed by atoms with Gasteiger partial charge in [0.2, 0.25) is 0 Å². The van der Waals surface area contributed by atoms with Gasteiger partial charge in [-0.2, -0.15) is 0 Å². The van der Waals surface area contributed by atoms with Crippen LogP contribution in [0, 0.1) is 0 Å². The van der Waals surface area contributed by atoms with E-state index < -0.39 is 0 Å². The zero-order valence-electron chi connectivity index (χ0n) is 21.3. The molecule has 4 aromatic carbocycles. The van der Waals surface area contributed by atoms with Crippen molar-refractivity contribution in [3.05, 3.63) is 125 Å². The Balaban J connectivity index is 1.59. The minimum Gasteiger partial charge on any atom is -0.256 e. The number of allylic oxidation sites excluding steroid dienone is 2. The quantitative estimate of drug-likeness (QED) is 0.238. The number of pyridine rings is 1. The SMILES string of the molecule is CC1(C)C(c2c3ccccc3c(C3=Cc4ccccc4C3(C)C)c3ncccc23)=Cc2ccccc21. The number of aromatic nitrogens is 1. The van der Waals surface area contributed by atoms with Crippen LogP contribution in [-0.2, 0) is 10.8 Å². The van der Waals surface area contributed by atoms with Crippen molar-refractivity contribution >= 4 is 45.0 Å². The third-order valence-electron chi connectivity index (χ3n) is 8.53. The van der Waals surface area contributed by atoms with Gasteiger partial charge in [0, 0.05) is 28.0 Å². The Kier molecular flexibility index (Phi) is 4.31. The predicted octanol–water partition coefficient (Wildman–Crippen LogP) is 9.05. The summed E-state index contributed by atoms with van der Waals surface area (Å²) in [6.45, 7) is 9.41. The molecule has 0 radical (unpaired) electrons. The lowest BCUT2D eigenvalue weighted by atomic mass is 9.73. The molecule has 5 aromatic rings. The van der Waals surface area contributed by atoms with Crippen LogP contribution in [0.1, 0.15) is 61.1 Å². The average Bonchev–Trinajstić information content (AvgIpc) is 3.31. The Labute approximate surface area is 212 Å². The van der Waals surface area contributed by atoms with Gasteiger partial charge in [0.15, 0.2) is 0 Å². The van der Waals surface area contributed by atoms with Gasteiger partial charge in [-0.15, -0.1) is 0 Å². The summed E-state index contributed by atoms with van der Waals surface area (Å²) >= 11 is 0. The summed E-state index contributed by atoms with van der Waals surface area (Å²) in [4.78, 5) is 5.07. The topological polar surface area (TPSA) is 12.9 Å². The molecule has 2 aliphatic rings. The largest absolute Gasteiger partial charge is 0.256 e. The summed E-state index contributed by atoms with van der Waals surface area (Å²) in [5.41, 5.74) is 11.6. The van der Waals surface area contributed by atoms with E-state index in [9.17, 15) is 0 Å². The van der Waals surface area contributed by atoms with Gasteiger partial charge in [0.05, 0.1) is 5.52 Å². The molecule has 0 aliphatic heterocycles. The molecule has 0 saturated heterocycles. The first-order valence-corrected chi connectivity index (χ1v) is 12.8. The van der Waals surface area contributed by atoms with E-state index in [0.717, 1.165) is 5.52 Å². The fourth-order valence-electron chi connectivity index (χ4n) is 6.68. The Morgan fingerprint density at radius 1 is 0.500 bits per heavy atom. The average molecular weight is 464 g/mol. The monoisotopic (exact) mass is 463 g/mol.